The van der Waals surface area contributed by atoms with Gasteiger partial charge in [-0.2, -0.15) is 0 Å². The summed E-state index contributed by atoms with van der Waals surface area (Å²) in [6.45, 7) is 8.95. The van der Waals surface area contributed by atoms with E-state index in [0.29, 0.717) is 31.7 Å². The molecule has 0 saturated carbocycles. The Balaban J connectivity index is 2.10. The Bertz CT molecular complexity index is 827. The van der Waals surface area contributed by atoms with Crippen molar-refractivity contribution in [1.29, 1.82) is 0 Å². The molecular weight excluding hydrogens is 326 g/mol. The third-order valence-corrected chi connectivity index (χ3v) is 5.70. The first-order chi connectivity index (χ1) is 11.3. The van der Waals surface area contributed by atoms with Crippen molar-refractivity contribution in [2.45, 2.75) is 53.5 Å². The van der Waals surface area contributed by atoms with Crippen molar-refractivity contribution in [2.75, 3.05) is 18.0 Å². The van der Waals surface area contributed by atoms with Crippen molar-refractivity contribution < 1.29 is 8.42 Å². The SMILES string of the molecule is CCCCS(=O)(=O)NCCCn1c(C)nc2c(N)nc(C)c(C)c21. The molecule has 2 heterocycles. The molecule has 0 bridgehead atoms. The molecule has 0 amide bonds. The highest BCUT2D eigenvalue weighted by Crippen LogP contribution is 2.25. The predicted octanol–water partition coefficient (Wildman–Crippen LogP) is 2.05. The van der Waals surface area contributed by atoms with Crippen molar-refractivity contribution in [3.05, 3.63) is 17.1 Å². The fourth-order valence-electron chi connectivity index (χ4n) is 2.76. The van der Waals surface area contributed by atoms with Crippen molar-refractivity contribution >= 4 is 26.9 Å². The Morgan fingerprint density at radius 1 is 1.17 bits per heavy atom. The molecule has 0 aliphatic carbocycles. The van der Waals surface area contributed by atoms with Crippen LogP contribution >= 0.6 is 0 Å². The quantitative estimate of drug-likeness (QED) is 0.707. The molecule has 0 aromatic carbocycles. The van der Waals surface area contributed by atoms with E-state index in [1.165, 1.54) is 0 Å². The molecule has 2 aromatic rings. The van der Waals surface area contributed by atoms with Crippen LogP contribution in [0, 0.1) is 20.8 Å². The van der Waals surface area contributed by atoms with E-state index in [0.717, 1.165) is 34.5 Å². The molecule has 2 rings (SSSR count). The minimum atomic E-state index is -3.16. The number of sulfonamides is 1. The van der Waals surface area contributed by atoms with Crippen LogP contribution in [0.15, 0.2) is 0 Å². The van der Waals surface area contributed by atoms with E-state index in [-0.39, 0.29) is 5.75 Å². The third-order valence-electron chi connectivity index (χ3n) is 4.23. The maximum absolute atomic E-state index is 11.8. The number of imidazole rings is 1. The standard InChI is InChI=1S/C16H27N5O2S/c1-5-6-10-24(22,23)18-8-7-9-21-13(4)20-14-15(21)11(2)12(3)19-16(14)17/h18H,5-10H2,1-4H3,(H2,17,19). The summed E-state index contributed by atoms with van der Waals surface area (Å²) in [5, 5.41) is 0. The van der Waals surface area contributed by atoms with Gasteiger partial charge >= 0.3 is 0 Å². The fraction of sp³-hybridized carbons (Fsp3) is 0.625. The second kappa shape index (κ2) is 7.48. The van der Waals surface area contributed by atoms with Crippen LogP contribution in [-0.2, 0) is 16.6 Å². The first-order valence-electron chi connectivity index (χ1n) is 8.33. The van der Waals surface area contributed by atoms with Crippen LogP contribution in [0.2, 0.25) is 0 Å². The maximum Gasteiger partial charge on any atom is 0.211 e. The Hall–Kier alpha value is -1.67. The number of fused-ring (bicyclic) bond motifs is 1. The first-order valence-corrected chi connectivity index (χ1v) is 9.99. The van der Waals surface area contributed by atoms with Crippen LogP contribution < -0.4 is 10.5 Å². The molecule has 7 nitrogen and oxygen atoms in total. The largest absolute Gasteiger partial charge is 0.382 e. The summed E-state index contributed by atoms with van der Waals surface area (Å²) in [6, 6.07) is 0. The second-order valence-corrected chi connectivity index (χ2v) is 8.06. The number of pyridine rings is 1. The molecule has 0 unspecified atom stereocenters. The topological polar surface area (TPSA) is 103 Å². The van der Waals surface area contributed by atoms with Gasteiger partial charge in [0.1, 0.15) is 11.3 Å². The van der Waals surface area contributed by atoms with E-state index in [1.54, 1.807) is 0 Å². The Labute approximate surface area is 143 Å². The van der Waals surface area contributed by atoms with E-state index in [4.69, 9.17) is 5.73 Å². The minimum Gasteiger partial charge on any atom is -0.382 e. The van der Waals surface area contributed by atoms with Crippen molar-refractivity contribution in [2.24, 2.45) is 0 Å². The van der Waals surface area contributed by atoms with Gasteiger partial charge in [0.05, 0.1) is 11.3 Å². The van der Waals surface area contributed by atoms with Crippen molar-refractivity contribution in [3.63, 3.8) is 0 Å². The lowest BCUT2D eigenvalue weighted by Gasteiger charge is -2.11. The van der Waals surface area contributed by atoms with Crippen LogP contribution in [0.3, 0.4) is 0 Å². The zero-order valence-electron chi connectivity index (χ0n) is 14.9. The van der Waals surface area contributed by atoms with Crippen LogP contribution in [0.1, 0.15) is 43.3 Å². The number of aryl methyl sites for hydroxylation is 4. The van der Waals surface area contributed by atoms with Gasteiger partial charge in [0.15, 0.2) is 5.82 Å². The molecule has 0 fully saturated rings. The molecule has 0 spiro atoms. The summed E-state index contributed by atoms with van der Waals surface area (Å²) in [5.41, 5.74) is 9.65. The second-order valence-electron chi connectivity index (χ2n) is 6.14. The summed E-state index contributed by atoms with van der Waals surface area (Å²) >= 11 is 0. The smallest absolute Gasteiger partial charge is 0.211 e. The van der Waals surface area contributed by atoms with Gasteiger partial charge in [-0.15, -0.1) is 0 Å². The number of nitrogen functional groups attached to an aromatic ring is 1. The van der Waals surface area contributed by atoms with Crippen LogP contribution in [0.4, 0.5) is 5.82 Å². The molecule has 3 N–H and O–H groups in total. The van der Waals surface area contributed by atoms with Gasteiger partial charge in [0.25, 0.3) is 0 Å². The zero-order chi connectivity index (χ0) is 17.9. The summed E-state index contributed by atoms with van der Waals surface area (Å²) in [7, 11) is -3.16. The normalized spacial score (nSPS) is 12.2. The highest BCUT2D eigenvalue weighted by molar-refractivity contribution is 7.89. The number of nitrogens with one attached hydrogen (secondary N) is 1. The number of anilines is 1. The summed E-state index contributed by atoms with van der Waals surface area (Å²) in [6.07, 6.45) is 2.25. The molecule has 134 valence electrons. The number of hydrogen-bond acceptors (Lipinski definition) is 5. The molecule has 0 atom stereocenters. The fourth-order valence-corrected chi connectivity index (χ4v) is 4.03. The number of hydrogen-bond donors (Lipinski definition) is 2. The lowest BCUT2D eigenvalue weighted by molar-refractivity contribution is 0.567. The van der Waals surface area contributed by atoms with Gasteiger partial charge in [0.2, 0.25) is 10.0 Å². The highest BCUT2D eigenvalue weighted by Gasteiger charge is 2.15. The molecule has 0 radical (unpaired) electrons. The van der Waals surface area contributed by atoms with Gasteiger partial charge in [0, 0.05) is 18.8 Å². The lowest BCUT2D eigenvalue weighted by Crippen LogP contribution is -2.28. The first kappa shape index (κ1) is 18.7. The Morgan fingerprint density at radius 2 is 1.88 bits per heavy atom. The Kier molecular flexibility index (Phi) is 5.82. The van der Waals surface area contributed by atoms with E-state index >= 15 is 0 Å². The van der Waals surface area contributed by atoms with Crippen LogP contribution in [-0.4, -0.2) is 35.3 Å². The van der Waals surface area contributed by atoms with Crippen LogP contribution in [0.25, 0.3) is 11.0 Å². The molecule has 2 aromatic heterocycles. The molecular formula is C16H27N5O2S. The molecule has 0 aliphatic heterocycles. The lowest BCUT2D eigenvalue weighted by atomic mass is 10.2. The highest BCUT2D eigenvalue weighted by atomic mass is 32.2. The number of nitrogens with two attached hydrogens (primary N) is 1. The molecule has 8 heteroatoms. The summed E-state index contributed by atoms with van der Waals surface area (Å²) in [5.74, 6) is 1.49. The van der Waals surface area contributed by atoms with E-state index in [9.17, 15) is 8.42 Å². The van der Waals surface area contributed by atoms with Gasteiger partial charge < -0.3 is 10.3 Å². The number of nitrogens with zero attached hydrogens (tertiary/aromatic N) is 3. The number of aromatic nitrogens is 3. The van der Waals surface area contributed by atoms with Gasteiger partial charge in [-0.05, 0) is 39.2 Å². The molecule has 0 saturated heterocycles. The predicted molar refractivity (Wildman–Crippen MR) is 97.5 cm³/mol. The van der Waals surface area contributed by atoms with Crippen molar-refractivity contribution in [3.8, 4) is 0 Å². The summed E-state index contributed by atoms with van der Waals surface area (Å²) < 4.78 is 28.4. The summed E-state index contributed by atoms with van der Waals surface area (Å²) in [4.78, 5) is 8.84. The zero-order valence-corrected chi connectivity index (χ0v) is 15.7. The van der Waals surface area contributed by atoms with Crippen molar-refractivity contribution in [1.82, 2.24) is 19.3 Å². The molecule has 0 aliphatic rings. The Morgan fingerprint density at radius 3 is 2.54 bits per heavy atom. The number of unbranched alkanes of at least 4 members (excludes halogenated alkanes) is 1. The van der Waals surface area contributed by atoms with Crippen LogP contribution in [0.5, 0.6) is 0 Å². The van der Waals surface area contributed by atoms with E-state index in [1.807, 2.05) is 27.7 Å². The van der Waals surface area contributed by atoms with E-state index in [2.05, 4.69) is 19.3 Å². The average molecular weight is 353 g/mol. The van der Waals surface area contributed by atoms with E-state index < -0.39 is 10.0 Å². The minimum absolute atomic E-state index is 0.192. The monoisotopic (exact) mass is 353 g/mol. The van der Waals surface area contributed by atoms with Gasteiger partial charge in [-0.3, -0.25) is 0 Å². The van der Waals surface area contributed by atoms with Gasteiger partial charge in [-0.25, -0.2) is 23.1 Å². The van der Waals surface area contributed by atoms with Gasteiger partial charge in [-0.1, -0.05) is 13.3 Å². The average Bonchev–Trinajstić information content (AvgIpc) is 2.85. The maximum atomic E-state index is 11.8. The number of rotatable bonds is 8. The third kappa shape index (κ3) is 4.05. The molecule has 24 heavy (non-hydrogen) atoms.